The highest BCUT2D eigenvalue weighted by molar-refractivity contribution is 7.88. The first-order valence-electron chi connectivity index (χ1n) is 10.7. The van der Waals surface area contributed by atoms with Gasteiger partial charge in [-0.05, 0) is 37.8 Å². The van der Waals surface area contributed by atoms with Crippen molar-refractivity contribution in [2.45, 2.75) is 44.2 Å². The lowest BCUT2D eigenvalue weighted by atomic mass is 10.0. The van der Waals surface area contributed by atoms with Crippen LogP contribution >= 0.6 is 11.3 Å². The number of fused-ring (bicyclic) bond motifs is 1. The lowest BCUT2D eigenvalue weighted by Gasteiger charge is -2.35. The summed E-state index contributed by atoms with van der Waals surface area (Å²) in [5, 5.41) is 0.488. The van der Waals surface area contributed by atoms with Crippen LogP contribution < -0.4 is 14.4 Å². The lowest BCUT2D eigenvalue weighted by Crippen LogP contribution is -2.54. The molecule has 9 nitrogen and oxygen atoms in total. The molecule has 2 saturated heterocycles. The predicted octanol–water partition coefficient (Wildman–Crippen LogP) is 2.64. The van der Waals surface area contributed by atoms with E-state index in [1.807, 2.05) is 6.07 Å². The average Bonchev–Trinajstić information content (AvgIpc) is 3.45. The molecule has 1 aromatic carbocycles. The normalized spacial score (nSPS) is 22.2. The fourth-order valence-electron chi connectivity index (χ4n) is 4.37. The third-order valence-electron chi connectivity index (χ3n) is 5.97. The van der Waals surface area contributed by atoms with Gasteiger partial charge in [-0.3, -0.25) is 9.69 Å². The first-order valence-corrected chi connectivity index (χ1v) is 13.4. The Bertz CT molecular complexity index is 1040. The molecule has 0 bridgehead atoms. The Hall–Kier alpha value is -1.95. The minimum atomic E-state index is -3.51. The van der Waals surface area contributed by atoms with Gasteiger partial charge in [-0.15, -0.1) is 0 Å². The van der Waals surface area contributed by atoms with Crippen LogP contribution in [0.15, 0.2) is 12.1 Å². The molecule has 2 fully saturated rings. The van der Waals surface area contributed by atoms with Gasteiger partial charge in [0.2, 0.25) is 15.9 Å². The van der Waals surface area contributed by atoms with E-state index in [0.29, 0.717) is 48.3 Å². The highest BCUT2D eigenvalue weighted by Gasteiger charge is 2.39. The molecular weight excluding hydrogens is 454 g/mol. The fraction of sp³-hybridized carbons (Fsp3) is 0.619. The first kappa shape index (κ1) is 23.2. The van der Waals surface area contributed by atoms with Gasteiger partial charge in [0.1, 0.15) is 27.8 Å². The van der Waals surface area contributed by atoms with Crippen LogP contribution in [0, 0.1) is 0 Å². The Labute approximate surface area is 192 Å². The van der Waals surface area contributed by atoms with Crippen molar-refractivity contribution in [3.8, 4) is 11.5 Å². The molecule has 0 spiro atoms. The van der Waals surface area contributed by atoms with Gasteiger partial charge in [0.05, 0.1) is 33.1 Å². The second-order valence-electron chi connectivity index (χ2n) is 8.11. The molecule has 2 unspecified atom stereocenters. The van der Waals surface area contributed by atoms with E-state index in [9.17, 15) is 13.2 Å². The molecule has 4 rings (SSSR count). The zero-order chi connectivity index (χ0) is 22.9. The van der Waals surface area contributed by atoms with Gasteiger partial charge >= 0.3 is 0 Å². The van der Waals surface area contributed by atoms with Crippen LogP contribution in [0.25, 0.3) is 10.2 Å². The van der Waals surface area contributed by atoms with Gasteiger partial charge < -0.3 is 14.2 Å². The van der Waals surface area contributed by atoms with Crippen molar-refractivity contribution < 1.29 is 27.4 Å². The summed E-state index contributed by atoms with van der Waals surface area (Å²) in [6.07, 6.45) is 4.89. The van der Waals surface area contributed by atoms with Gasteiger partial charge in [0.15, 0.2) is 5.13 Å². The van der Waals surface area contributed by atoms with Gasteiger partial charge in [-0.25, -0.2) is 13.4 Å². The number of benzene rings is 1. The largest absolute Gasteiger partial charge is 0.495 e. The van der Waals surface area contributed by atoms with Crippen LogP contribution in [0.5, 0.6) is 11.5 Å². The summed E-state index contributed by atoms with van der Waals surface area (Å²) in [5.41, 5.74) is 0.612. The summed E-state index contributed by atoms with van der Waals surface area (Å²) >= 11 is 1.34. The van der Waals surface area contributed by atoms with Gasteiger partial charge in [-0.1, -0.05) is 17.8 Å². The van der Waals surface area contributed by atoms with Crippen molar-refractivity contribution in [2.24, 2.45) is 0 Å². The van der Waals surface area contributed by atoms with Crippen LogP contribution in [-0.2, 0) is 19.6 Å². The molecule has 0 aliphatic carbocycles. The SMILES string of the molecule is COc1ccc(OC)c2sc(N(CC3CCCO3)C(=O)C3CCCCN3S(C)(=O)=O)nc12. The smallest absolute Gasteiger partial charge is 0.247 e. The number of ether oxygens (including phenoxy) is 3. The molecule has 2 aliphatic heterocycles. The lowest BCUT2D eigenvalue weighted by molar-refractivity contribution is -0.123. The number of nitrogens with zero attached hydrogens (tertiary/aromatic N) is 3. The van der Waals surface area contributed by atoms with Crippen LogP contribution in [0.4, 0.5) is 5.13 Å². The summed E-state index contributed by atoms with van der Waals surface area (Å²) < 4.78 is 43.7. The third-order valence-corrected chi connectivity index (χ3v) is 8.35. The molecule has 0 N–H and O–H groups in total. The molecule has 176 valence electrons. The summed E-state index contributed by atoms with van der Waals surface area (Å²) in [5.74, 6) is 0.968. The van der Waals surface area contributed by atoms with Crippen molar-refractivity contribution in [1.29, 1.82) is 0 Å². The van der Waals surface area contributed by atoms with E-state index in [4.69, 9.17) is 19.2 Å². The van der Waals surface area contributed by atoms with Crippen molar-refractivity contribution in [3.05, 3.63) is 12.1 Å². The number of thiazole rings is 1. The molecule has 1 aromatic heterocycles. The molecular formula is C21H29N3O6S2. The predicted molar refractivity (Wildman–Crippen MR) is 123 cm³/mol. The van der Waals surface area contributed by atoms with Crippen molar-refractivity contribution in [1.82, 2.24) is 9.29 Å². The molecule has 2 atom stereocenters. The minimum absolute atomic E-state index is 0.106. The standard InChI is InChI=1S/C21H29N3O6S2/c1-28-16-9-10-17(29-2)19-18(16)22-21(31-19)23(13-14-7-6-12-30-14)20(25)15-8-4-5-11-24(15)32(3,26)27/h9-10,14-15H,4-8,11-13H2,1-3H3. The van der Waals surface area contributed by atoms with E-state index < -0.39 is 16.1 Å². The number of rotatable bonds is 7. The Morgan fingerprint density at radius 2 is 1.97 bits per heavy atom. The molecule has 3 heterocycles. The van der Waals surface area contributed by atoms with E-state index in [0.717, 1.165) is 36.6 Å². The Kier molecular flexibility index (Phi) is 6.89. The Balaban J connectivity index is 1.76. The molecule has 0 radical (unpaired) electrons. The number of carbonyl (C=O) groups is 1. The van der Waals surface area contributed by atoms with Crippen LogP contribution in [0.1, 0.15) is 32.1 Å². The topological polar surface area (TPSA) is 98.3 Å². The van der Waals surface area contributed by atoms with Crippen LogP contribution in [0.3, 0.4) is 0 Å². The summed E-state index contributed by atoms with van der Waals surface area (Å²) in [6, 6.07) is 2.85. The van der Waals surface area contributed by atoms with Gasteiger partial charge in [-0.2, -0.15) is 4.31 Å². The van der Waals surface area contributed by atoms with E-state index in [1.165, 1.54) is 15.6 Å². The number of hydrogen-bond acceptors (Lipinski definition) is 8. The zero-order valence-electron chi connectivity index (χ0n) is 18.6. The quantitative estimate of drug-likeness (QED) is 0.597. The van der Waals surface area contributed by atoms with Crippen LogP contribution in [-0.4, -0.2) is 75.9 Å². The molecule has 11 heteroatoms. The molecule has 2 aliphatic rings. The number of piperidine rings is 1. The van der Waals surface area contributed by atoms with E-state index in [1.54, 1.807) is 25.2 Å². The highest BCUT2D eigenvalue weighted by atomic mass is 32.2. The second-order valence-corrected chi connectivity index (χ2v) is 11.0. The fourth-order valence-corrected chi connectivity index (χ4v) is 6.58. The molecule has 2 aromatic rings. The third kappa shape index (κ3) is 4.57. The number of sulfonamides is 1. The average molecular weight is 484 g/mol. The maximum atomic E-state index is 13.8. The van der Waals surface area contributed by atoms with Crippen molar-refractivity contribution >= 4 is 42.6 Å². The Morgan fingerprint density at radius 1 is 1.22 bits per heavy atom. The molecule has 0 saturated carbocycles. The maximum absolute atomic E-state index is 13.8. The van der Waals surface area contributed by atoms with E-state index in [-0.39, 0.29) is 12.0 Å². The van der Waals surface area contributed by atoms with Gasteiger partial charge in [0, 0.05) is 13.2 Å². The number of methoxy groups -OCH3 is 2. The number of anilines is 1. The first-order chi connectivity index (χ1) is 15.3. The number of aromatic nitrogens is 1. The monoisotopic (exact) mass is 483 g/mol. The highest BCUT2D eigenvalue weighted by Crippen LogP contribution is 2.41. The summed E-state index contributed by atoms with van der Waals surface area (Å²) in [7, 11) is -0.355. The number of hydrogen-bond donors (Lipinski definition) is 0. The van der Waals surface area contributed by atoms with Crippen molar-refractivity contribution in [2.75, 3.05) is 45.1 Å². The van der Waals surface area contributed by atoms with Gasteiger partial charge in [0.25, 0.3) is 0 Å². The Morgan fingerprint density at radius 3 is 2.62 bits per heavy atom. The minimum Gasteiger partial charge on any atom is -0.495 e. The summed E-state index contributed by atoms with van der Waals surface area (Å²) in [4.78, 5) is 20.1. The molecule has 32 heavy (non-hydrogen) atoms. The molecule has 1 amide bonds. The van der Waals surface area contributed by atoms with Crippen molar-refractivity contribution in [3.63, 3.8) is 0 Å². The van der Waals surface area contributed by atoms with Crippen LogP contribution in [0.2, 0.25) is 0 Å². The number of carbonyl (C=O) groups excluding carboxylic acids is 1. The number of amides is 1. The van der Waals surface area contributed by atoms with E-state index in [2.05, 4.69) is 0 Å². The second kappa shape index (κ2) is 9.50. The van der Waals surface area contributed by atoms with E-state index >= 15 is 0 Å². The maximum Gasteiger partial charge on any atom is 0.247 e. The zero-order valence-corrected chi connectivity index (χ0v) is 20.2. The summed E-state index contributed by atoms with van der Waals surface area (Å²) in [6.45, 7) is 1.34.